The zero-order chi connectivity index (χ0) is 24.9. The Morgan fingerprint density at radius 3 is 2.59 bits per heavy atom. The molecule has 8 nitrogen and oxygen atoms in total. The number of benzene rings is 2. The lowest BCUT2D eigenvalue weighted by atomic mass is 9.90. The van der Waals surface area contributed by atoms with Gasteiger partial charge in [0.2, 0.25) is 0 Å². The van der Waals surface area contributed by atoms with Crippen LogP contribution in [0.2, 0.25) is 0 Å². The van der Waals surface area contributed by atoms with E-state index < -0.39 is 17.7 Å². The molecule has 184 valence electrons. The second-order valence-electron chi connectivity index (χ2n) is 8.75. The molecule has 0 bridgehead atoms. The van der Waals surface area contributed by atoms with Crippen LogP contribution >= 0.6 is 0 Å². The van der Waals surface area contributed by atoms with E-state index in [0.717, 1.165) is 0 Å². The summed E-state index contributed by atoms with van der Waals surface area (Å²) in [4.78, 5) is 28.6. The van der Waals surface area contributed by atoms with Crippen LogP contribution in [0.15, 0.2) is 30.3 Å². The monoisotopic (exact) mass is 475 g/mol. The Morgan fingerprint density at radius 2 is 1.91 bits per heavy atom. The standard InChI is InChI=1S/C25H30FNO7/c1-4-32-22-8-5-16(14-23(28)29)13-19(22)17-6-7-21(26)18-9-11-27(15-20(17)18)34-24(30)33-12-10-25(2,3)31/h5-8,13,31H,4,9-12,14-15H2,1-3H3,(H,28,29). The maximum absolute atomic E-state index is 14.7. The number of hydroxylamine groups is 2. The van der Waals surface area contributed by atoms with Crippen LogP contribution in [0.4, 0.5) is 9.18 Å². The number of ether oxygens (including phenoxy) is 2. The van der Waals surface area contributed by atoms with Gasteiger partial charge in [-0.05, 0) is 67.6 Å². The van der Waals surface area contributed by atoms with Crippen LogP contribution < -0.4 is 4.74 Å². The largest absolute Gasteiger partial charge is 0.527 e. The molecule has 0 aromatic heterocycles. The summed E-state index contributed by atoms with van der Waals surface area (Å²) >= 11 is 0. The van der Waals surface area contributed by atoms with Crippen molar-refractivity contribution in [2.24, 2.45) is 0 Å². The molecule has 0 aliphatic carbocycles. The molecule has 0 atom stereocenters. The molecule has 2 N–H and O–H groups in total. The highest BCUT2D eigenvalue weighted by molar-refractivity contribution is 5.77. The quantitative estimate of drug-likeness (QED) is 0.522. The summed E-state index contributed by atoms with van der Waals surface area (Å²) in [5.41, 5.74) is 2.08. The third-order valence-electron chi connectivity index (χ3n) is 5.45. The van der Waals surface area contributed by atoms with Gasteiger partial charge in [0.1, 0.15) is 11.6 Å². The van der Waals surface area contributed by atoms with Crippen LogP contribution in [-0.2, 0) is 33.8 Å². The van der Waals surface area contributed by atoms with E-state index in [2.05, 4.69) is 0 Å². The van der Waals surface area contributed by atoms with Crippen molar-refractivity contribution in [1.82, 2.24) is 5.06 Å². The lowest BCUT2D eigenvalue weighted by molar-refractivity contribution is -0.139. The number of aliphatic carboxylic acids is 1. The summed E-state index contributed by atoms with van der Waals surface area (Å²) in [5, 5.41) is 20.3. The molecule has 0 unspecified atom stereocenters. The van der Waals surface area contributed by atoms with Gasteiger partial charge in [0, 0.05) is 18.5 Å². The smallest absolute Gasteiger partial charge is 0.493 e. The normalized spacial score (nSPS) is 13.8. The van der Waals surface area contributed by atoms with Crippen LogP contribution in [0.5, 0.6) is 5.75 Å². The second-order valence-corrected chi connectivity index (χ2v) is 8.75. The molecule has 1 aliphatic rings. The molecule has 0 spiro atoms. The molecular weight excluding hydrogens is 445 g/mol. The number of carboxylic acids is 1. The fraction of sp³-hybridized carbons (Fsp3) is 0.440. The van der Waals surface area contributed by atoms with Crippen molar-refractivity contribution in [3.8, 4) is 16.9 Å². The maximum atomic E-state index is 14.7. The summed E-state index contributed by atoms with van der Waals surface area (Å²) in [6, 6.07) is 8.15. The highest BCUT2D eigenvalue weighted by Crippen LogP contribution is 2.38. The van der Waals surface area contributed by atoms with Crippen LogP contribution in [0.1, 0.15) is 43.9 Å². The average molecular weight is 476 g/mol. The summed E-state index contributed by atoms with van der Waals surface area (Å²) in [5.74, 6) is -0.765. The number of carboxylic acid groups (broad SMARTS) is 1. The number of halogens is 1. The van der Waals surface area contributed by atoms with Crippen molar-refractivity contribution in [1.29, 1.82) is 0 Å². The molecule has 0 radical (unpaired) electrons. The van der Waals surface area contributed by atoms with Crippen molar-refractivity contribution in [3.05, 3.63) is 52.8 Å². The van der Waals surface area contributed by atoms with Crippen LogP contribution in [0.3, 0.4) is 0 Å². The molecular formula is C25H30FNO7. The molecule has 0 fully saturated rings. The molecule has 0 saturated carbocycles. The molecule has 9 heteroatoms. The number of hydrogen-bond acceptors (Lipinski definition) is 7. The summed E-state index contributed by atoms with van der Waals surface area (Å²) in [6.45, 7) is 5.88. The minimum atomic E-state index is -0.968. The maximum Gasteiger partial charge on any atom is 0.527 e. The summed E-state index contributed by atoms with van der Waals surface area (Å²) in [7, 11) is 0. The van der Waals surface area contributed by atoms with Gasteiger partial charge in [-0.15, -0.1) is 5.06 Å². The fourth-order valence-corrected chi connectivity index (χ4v) is 3.81. The number of hydrogen-bond donors (Lipinski definition) is 2. The first-order valence-electron chi connectivity index (χ1n) is 11.2. The molecule has 34 heavy (non-hydrogen) atoms. The topological polar surface area (TPSA) is 106 Å². The molecule has 2 aromatic carbocycles. The molecule has 1 heterocycles. The second kappa shape index (κ2) is 10.8. The minimum absolute atomic E-state index is 0.000719. The number of carbonyl (C=O) groups excluding carboxylic acids is 1. The van der Waals surface area contributed by atoms with Crippen molar-refractivity contribution in [2.75, 3.05) is 19.8 Å². The Kier molecular flexibility index (Phi) is 8.11. The zero-order valence-electron chi connectivity index (χ0n) is 19.6. The highest BCUT2D eigenvalue weighted by atomic mass is 19.1. The van der Waals surface area contributed by atoms with Gasteiger partial charge in [0.25, 0.3) is 0 Å². The number of rotatable bonds is 9. The van der Waals surface area contributed by atoms with E-state index in [9.17, 15) is 24.2 Å². The van der Waals surface area contributed by atoms with Crippen LogP contribution in [-0.4, -0.2) is 52.8 Å². The predicted molar refractivity (Wildman–Crippen MR) is 122 cm³/mol. The highest BCUT2D eigenvalue weighted by Gasteiger charge is 2.27. The van der Waals surface area contributed by atoms with Crippen molar-refractivity contribution in [3.63, 3.8) is 0 Å². The van der Waals surface area contributed by atoms with Gasteiger partial charge in [0.05, 0.1) is 31.8 Å². The van der Waals surface area contributed by atoms with Crippen LogP contribution in [0, 0.1) is 5.82 Å². The van der Waals surface area contributed by atoms with Gasteiger partial charge in [-0.1, -0.05) is 12.1 Å². The first-order chi connectivity index (χ1) is 16.1. The summed E-state index contributed by atoms with van der Waals surface area (Å²) in [6.07, 6.45) is -0.490. The number of nitrogens with zero attached hydrogens (tertiary/aromatic N) is 1. The lowest BCUT2D eigenvalue weighted by Crippen LogP contribution is -2.34. The van der Waals surface area contributed by atoms with Gasteiger partial charge >= 0.3 is 12.1 Å². The van der Waals surface area contributed by atoms with E-state index in [1.807, 2.05) is 6.92 Å². The number of aliphatic hydroxyl groups is 1. The number of fused-ring (bicyclic) bond motifs is 1. The molecule has 1 aliphatic heterocycles. The Hall–Kier alpha value is -3.17. The predicted octanol–water partition coefficient (Wildman–Crippen LogP) is 4.11. The first kappa shape index (κ1) is 25.5. The van der Waals surface area contributed by atoms with Crippen molar-refractivity contribution >= 4 is 12.1 Å². The Morgan fingerprint density at radius 1 is 1.15 bits per heavy atom. The van der Waals surface area contributed by atoms with E-state index in [1.54, 1.807) is 38.1 Å². The van der Waals surface area contributed by atoms with E-state index in [-0.39, 0.29) is 38.4 Å². The summed E-state index contributed by atoms with van der Waals surface area (Å²) < 4.78 is 25.4. The van der Waals surface area contributed by atoms with Gasteiger partial charge in [0.15, 0.2) is 0 Å². The van der Waals surface area contributed by atoms with E-state index in [4.69, 9.17) is 14.3 Å². The fourth-order valence-electron chi connectivity index (χ4n) is 3.81. The van der Waals surface area contributed by atoms with E-state index in [0.29, 0.717) is 46.6 Å². The van der Waals surface area contributed by atoms with E-state index >= 15 is 0 Å². The van der Waals surface area contributed by atoms with E-state index in [1.165, 1.54) is 11.1 Å². The Balaban J connectivity index is 1.87. The Labute approximate surface area is 197 Å². The minimum Gasteiger partial charge on any atom is -0.493 e. The molecule has 0 amide bonds. The van der Waals surface area contributed by atoms with Crippen LogP contribution in [0.25, 0.3) is 11.1 Å². The molecule has 0 saturated heterocycles. The van der Waals surface area contributed by atoms with Gasteiger partial charge in [-0.3, -0.25) is 4.79 Å². The number of carbonyl (C=O) groups is 2. The van der Waals surface area contributed by atoms with Crippen molar-refractivity contribution in [2.45, 2.75) is 52.2 Å². The van der Waals surface area contributed by atoms with Gasteiger partial charge in [-0.25, -0.2) is 9.18 Å². The average Bonchev–Trinajstić information content (AvgIpc) is 2.74. The van der Waals surface area contributed by atoms with Gasteiger partial charge < -0.3 is 24.5 Å². The third kappa shape index (κ3) is 6.68. The first-order valence-corrected chi connectivity index (χ1v) is 11.2. The van der Waals surface area contributed by atoms with Gasteiger partial charge in [-0.2, -0.15) is 0 Å². The third-order valence-corrected chi connectivity index (χ3v) is 5.45. The lowest BCUT2D eigenvalue weighted by Gasteiger charge is -2.29. The molecule has 2 aromatic rings. The van der Waals surface area contributed by atoms with Crippen molar-refractivity contribution < 1.29 is 38.5 Å². The zero-order valence-corrected chi connectivity index (χ0v) is 19.6. The Bertz CT molecular complexity index is 1050. The molecule has 3 rings (SSSR count). The SMILES string of the molecule is CCOc1ccc(CC(=O)O)cc1-c1ccc(F)c2c1CN(OC(=O)OCCC(C)(C)O)CC2.